The van der Waals surface area contributed by atoms with Crippen molar-refractivity contribution in [1.29, 1.82) is 0 Å². The highest BCUT2D eigenvalue weighted by molar-refractivity contribution is 9.10. The number of benzene rings is 1. The van der Waals surface area contributed by atoms with E-state index >= 15 is 0 Å². The maximum Gasteiger partial charge on any atom is 0.226 e. The van der Waals surface area contributed by atoms with Crippen molar-refractivity contribution in [2.75, 3.05) is 13.1 Å². The van der Waals surface area contributed by atoms with E-state index in [1.54, 1.807) is 0 Å². The van der Waals surface area contributed by atoms with Crippen LogP contribution in [-0.2, 0) is 11.2 Å². The molecule has 1 aromatic rings. The topological polar surface area (TPSA) is 20.3 Å². The number of amides is 1. The third-order valence-corrected chi connectivity index (χ3v) is 3.81. The first-order valence-corrected chi connectivity index (χ1v) is 6.96. The summed E-state index contributed by atoms with van der Waals surface area (Å²) in [7, 11) is 0. The zero-order valence-electron chi connectivity index (χ0n) is 10.2. The van der Waals surface area contributed by atoms with E-state index in [1.165, 1.54) is 6.42 Å². The molecule has 1 aliphatic rings. The zero-order chi connectivity index (χ0) is 12.3. The third-order valence-electron chi connectivity index (χ3n) is 3.28. The first-order chi connectivity index (χ1) is 8.15. The molecule has 1 saturated heterocycles. The van der Waals surface area contributed by atoms with E-state index in [-0.39, 0.29) is 5.91 Å². The van der Waals surface area contributed by atoms with Crippen molar-refractivity contribution >= 4 is 21.8 Å². The number of piperidine rings is 1. The minimum absolute atomic E-state index is 0.263. The molecule has 3 heteroatoms. The molecule has 1 heterocycles. The van der Waals surface area contributed by atoms with Crippen LogP contribution in [0.2, 0.25) is 0 Å². The molecule has 1 amide bonds. The predicted molar refractivity (Wildman–Crippen MR) is 72.8 cm³/mol. The maximum atomic E-state index is 12.1. The molecule has 1 atom stereocenters. The molecule has 0 bridgehead atoms. The number of halogens is 1. The number of nitrogens with zero attached hydrogens (tertiary/aromatic N) is 1. The van der Waals surface area contributed by atoms with E-state index in [2.05, 4.69) is 22.9 Å². The lowest BCUT2D eigenvalue weighted by Gasteiger charge is -2.31. The van der Waals surface area contributed by atoms with Crippen LogP contribution in [0.15, 0.2) is 28.7 Å². The van der Waals surface area contributed by atoms with Crippen LogP contribution in [0.4, 0.5) is 0 Å². The Morgan fingerprint density at radius 2 is 2.12 bits per heavy atom. The van der Waals surface area contributed by atoms with Gasteiger partial charge in [0.25, 0.3) is 0 Å². The van der Waals surface area contributed by atoms with Gasteiger partial charge in [-0.3, -0.25) is 4.79 Å². The Kier molecular flexibility index (Phi) is 4.21. The Hall–Kier alpha value is -0.830. The number of carbonyl (C=O) groups excluding carboxylic acids is 1. The van der Waals surface area contributed by atoms with E-state index in [1.807, 2.05) is 29.2 Å². The zero-order valence-corrected chi connectivity index (χ0v) is 11.7. The summed E-state index contributed by atoms with van der Waals surface area (Å²) in [5.74, 6) is 0.913. The summed E-state index contributed by atoms with van der Waals surface area (Å²) >= 11 is 3.40. The Morgan fingerprint density at radius 1 is 1.41 bits per heavy atom. The van der Waals surface area contributed by atoms with Crippen molar-refractivity contribution in [2.24, 2.45) is 5.92 Å². The molecule has 0 unspecified atom stereocenters. The lowest BCUT2D eigenvalue weighted by atomic mass is 9.99. The summed E-state index contributed by atoms with van der Waals surface area (Å²) in [6.07, 6.45) is 2.93. The van der Waals surface area contributed by atoms with Gasteiger partial charge in [-0.1, -0.05) is 35.0 Å². The largest absolute Gasteiger partial charge is 0.342 e. The van der Waals surface area contributed by atoms with E-state index in [0.29, 0.717) is 12.3 Å². The van der Waals surface area contributed by atoms with Gasteiger partial charge in [-0.15, -0.1) is 0 Å². The van der Waals surface area contributed by atoms with Crippen LogP contribution in [0.25, 0.3) is 0 Å². The Balaban J connectivity index is 1.94. The second-order valence-electron chi connectivity index (χ2n) is 4.89. The minimum atomic E-state index is 0.263. The summed E-state index contributed by atoms with van der Waals surface area (Å²) in [4.78, 5) is 14.1. The number of rotatable bonds is 2. The lowest BCUT2D eigenvalue weighted by Crippen LogP contribution is -2.39. The normalized spacial score (nSPS) is 20.4. The van der Waals surface area contributed by atoms with Crippen LogP contribution < -0.4 is 0 Å². The van der Waals surface area contributed by atoms with Crippen molar-refractivity contribution in [3.8, 4) is 0 Å². The van der Waals surface area contributed by atoms with Gasteiger partial charge in [-0.2, -0.15) is 0 Å². The van der Waals surface area contributed by atoms with Crippen LogP contribution in [0.5, 0.6) is 0 Å². The smallest absolute Gasteiger partial charge is 0.226 e. The molecule has 0 N–H and O–H groups in total. The standard InChI is InChI=1S/C14H18BrNO/c1-11-3-2-8-16(10-11)14(17)9-12-4-6-13(15)7-5-12/h4-7,11H,2-3,8-10H2,1H3/t11-/m1/s1. The maximum absolute atomic E-state index is 12.1. The highest BCUT2D eigenvalue weighted by atomic mass is 79.9. The monoisotopic (exact) mass is 295 g/mol. The molecule has 2 nitrogen and oxygen atoms in total. The fourth-order valence-electron chi connectivity index (χ4n) is 2.30. The lowest BCUT2D eigenvalue weighted by molar-refractivity contribution is -0.132. The summed E-state index contributed by atoms with van der Waals surface area (Å²) in [6, 6.07) is 7.99. The van der Waals surface area contributed by atoms with Gasteiger partial charge in [-0.05, 0) is 36.5 Å². The second-order valence-corrected chi connectivity index (χ2v) is 5.81. The first-order valence-electron chi connectivity index (χ1n) is 6.17. The van der Waals surface area contributed by atoms with Crippen molar-refractivity contribution in [3.63, 3.8) is 0 Å². The van der Waals surface area contributed by atoms with Crippen LogP contribution in [0.3, 0.4) is 0 Å². The van der Waals surface area contributed by atoms with Crippen molar-refractivity contribution < 1.29 is 4.79 Å². The molecule has 1 aliphatic heterocycles. The molecular formula is C14H18BrNO. The first kappa shape index (κ1) is 12.6. The highest BCUT2D eigenvalue weighted by Crippen LogP contribution is 2.17. The summed E-state index contributed by atoms with van der Waals surface area (Å²) in [5.41, 5.74) is 1.09. The molecule has 0 spiro atoms. The van der Waals surface area contributed by atoms with Gasteiger partial charge in [0.1, 0.15) is 0 Å². The van der Waals surface area contributed by atoms with E-state index < -0.39 is 0 Å². The van der Waals surface area contributed by atoms with Crippen LogP contribution in [-0.4, -0.2) is 23.9 Å². The van der Waals surface area contributed by atoms with Gasteiger partial charge in [0.2, 0.25) is 5.91 Å². The SMILES string of the molecule is C[C@@H]1CCCN(C(=O)Cc2ccc(Br)cc2)C1. The minimum Gasteiger partial charge on any atom is -0.342 e. The van der Waals surface area contributed by atoms with E-state index in [4.69, 9.17) is 0 Å². The summed E-state index contributed by atoms with van der Waals surface area (Å²) in [5, 5.41) is 0. The number of carbonyl (C=O) groups is 1. The number of hydrogen-bond acceptors (Lipinski definition) is 1. The average Bonchev–Trinajstić information content (AvgIpc) is 2.32. The number of hydrogen-bond donors (Lipinski definition) is 0. The highest BCUT2D eigenvalue weighted by Gasteiger charge is 2.20. The van der Waals surface area contributed by atoms with E-state index in [9.17, 15) is 4.79 Å². The van der Waals surface area contributed by atoms with Gasteiger partial charge < -0.3 is 4.90 Å². The molecule has 0 aromatic heterocycles. The molecular weight excluding hydrogens is 278 g/mol. The predicted octanol–water partition coefficient (Wildman–Crippen LogP) is 3.25. The Labute approximate surface area is 111 Å². The van der Waals surface area contributed by atoms with E-state index in [0.717, 1.165) is 29.5 Å². The van der Waals surface area contributed by atoms with Crippen molar-refractivity contribution in [1.82, 2.24) is 4.90 Å². The van der Waals surface area contributed by atoms with Crippen LogP contribution in [0, 0.1) is 5.92 Å². The third kappa shape index (κ3) is 3.56. The Morgan fingerprint density at radius 3 is 2.76 bits per heavy atom. The van der Waals surface area contributed by atoms with Crippen molar-refractivity contribution in [3.05, 3.63) is 34.3 Å². The molecule has 17 heavy (non-hydrogen) atoms. The van der Waals surface area contributed by atoms with Gasteiger partial charge in [0.05, 0.1) is 6.42 Å². The summed E-state index contributed by atoms with van der Waals surface area (Å²) < 4.78 is 1.06. The molecule has 2 rings (SSSR count). The van der Waals surface area contributed by atoms with Gasteiger partial charge in [0.15, 0.2) is 0 Å². The molecule has 0 radical (unpaired) electrons. The molecule has 1 fully saturated rings. The van der Waals surface area contributed by atoms with Gasteiger partial charge in [-0.25, -0.2) is 0 Å². The average molecular weight is 296 g/mol. The quantitative estimate of drug-likeness (QED) is 0.820. The molecule has 0 saturated carbocycles. The van der Waals surface area contributed by atoms with Crippen molar-refractivity contribution in [2.45, 2.75) is 26.2 Å². The number of likely N-dealkylation sites (tertiary alicyclic amines) is 1. The van der Waals surface area contributed by atoms with Crippen LogP contribution >= 0.6 is 15.9 Å². The summed E-state index contributed by atoms with van der Waals surface area (Å²) in [6.45, 7) is 4.08. The Bertz CT molecular complexity index is 388. The second kappa shape index (κ2) is 5.67. The molecule has 92 valence electrons. The fraction of sp³-hybridized carbons (Fsp3) is 0.500. The van der Waals surface area contributed by atoms with Gasteiger partial charge >= 0.3 is 0 Å². The molecule has 0 aliphatic carbocycles. The van der Waals surface area contributed by atoms with Crippen LogP contribution in [0.1, 0.15) is 25.3 Å². The fourth-order valence-corrected chi connectivity index (χ4v) is 2.57. The molecule has 1 aromatic carbocycles. The van der Waals surface area contributed by atoms with Gasteiger partial charge in [0, 0.05) is 17.6 Å².